The van der Waals surface area contributed by atoms with Crippen LogP contribution >= 0.6 is 0 Å². The number of carbonyl (C=O) groups excluding carboxylic acids is 1. The predicted octanol–water partition coefficient (Wildman–Crippen LogP) is 4.39. The summed E-state index contributed by atoms with van der Waals surface area (Å²) >= 11 is 0. The first-order valence-corrected chi connectivity index (χ1v) is 9.76. The van der Waals surface area contributed by atoms with E-state index in [1.54, 1.807) is 48.0 Å². The van der Waals surface area contributed by atoms with Crippen molar-refractivity contribution in [1.82, 2.24) is 24.4 Å². The Labute approximate surface area is 174 Å². The summed E-state index contributed by atoms with van der Waals surface area (Å²) in [5, 5.41) is 0. The van der Waals surface area contributed by atoms with E-state index in [0.717, 1.165) is 16.8 Å². The van der Waals surface area contributed by atoms with Gasteiger partial charge in [0.1, 0.15) is 11.3 Å². The quantitative estimate of drug-likeness (QED) is 0.479. The fourth-order valence-corrected chi connectivity index (χ4v) is 3.31. The summed E-state index contributed by atoms with van der Waals surface area (Å²) in [6.45, 7) is 4.86. The number of carbonyl (C=O) groups is 1. The highest BCUT2D eigenvalue weighted by Crippen LogP contribution is 2.19. The van der Waals surface area contributed by atoms with Gasteiger partial charge in [-0.1, -0.05) is 12.1 Å². The summed E-state index contributed by atoms with van der Waals surface area (Å²) in [5.41, 5.74) is 3.70. The molecule has 30 heavy (non-hydrogen) atoms. The van der Waals surface area contributed by atoms with Crippen molar-refractivity contribution in [3.8, 4) is 0 Å². The number of halogens is 1. The molecule has 0 fully saturated rings. The molecule has 0 N–H and O–H groups in total. The van der Waals surface area contributed by atoms with Crippen molar-refractivity contribution in [1.29, 1.82) is 0 Å². The van der Waals surface area contributed by atoms with E-state index in [9.17, 15) is 9.18 Å². The molecule has 3 aromatic heterocycles. The zero-order chi connectivity index (χ0) is 21.1. The molecule has 6 nitrogen and oxygen atoms in total. The second-order valence-corrected chi connectivity index (χ2v) is 7.46. The maximum absolute atomic E-state index is 13.4. The Hall–Kier alpha value is -3.61. The van der Waals surface area contributed by atoms with Gasteiger partial charge in [0.25, 0.3) is 5.91 Å². The average molecular weight is 403 g/mol. The molecular weight excluding hydrogens is 381 g/mol. The van der Waals surface area contributed by atoms with Crippen LogP contribution in [0.25, 0.3) is 11.2 Å². The van der Waals surface area contributed by atoms with Crippen LogP contribution in [0.1, 0.15) is 41.4 Å². The second-order valence-electron chi connectivity index (χ2n) is 7.46. The molecule has 1 aromatic carbocycles. The van der Waals surface area contributed by atoms with E-state index >= 15 is 0 Å². The van der Waals surface area contributed by atoms with Gasteiger partial charge in [-0.15, -0.1) is 0 Å². The average Bonchev–Trinajstić information content (AvgIpc) is 3.18. The lowest BCUT2D eigenvalue weighted by atomic mass is 10.1. The van der Waals surface area contributed by atoms with Gasteiger partial charge in [-0.25, -0.2) is 14.4 Å². The van der Waals surface area contributed by atoms with Crippen molar-refractivity contribution < 1.29 is 9.18 Å². The largest absolute Gasteiger partial charge is 0.330 e. The monoisotopic (exact) mass is 403 g/mol. The van der Waals surface area contributed by atoms with E-state index in [2.05, 4.69) is 28.8 Å². The van der Waals surface area contributed by atoms with Gasteiger partial charge in [0.15, 0.2) is 5.65 Å². The highest BCUT2D eigenvalue weighted by atomic mass is 19.1. The van der Waals surface area contributed by atoms with Crippen LogP contribution in [0.3, 0.4) is 0 Å². The summed E-state index contributed by atoms with van der Waals surface area (Å²) in [5.74, 6) is -0.467. The Morgan fingerprint density at radius 3 is 2.37 bits per heavy atom. The van der Waals surface area contributed by atoms with E-state index < -0.39 is 0 Å². The Kier molecular flexibility index (Phi) is 5.52. The molecule has 0 saturated carbocycles. The normalized spacial score (nSPS) is 11.2. The number of hydrogen-bond donors (Lipinski definition) is 0. The Bertz CT molecular complexity index is 1160. The predicted molar refractivity (Wildman–Crippen MR) is 112 cm³/mol. The molecule has 1 amide bonds. The zero-order valence-electron chi connectivity index (χ0n) is 16.9. The van der Waals surface area contributed by atoms with Crippen molar-refractivity contribution in [2.24, 2.45) is 0 Å². The first-order valence-electron chi connectivity index (χ1n) is 9.76. The smallest absolute Gasteiger partial charge is 0.256 e. The fourth-order valence-electron chi connectivity index (χ4n) is 3.31. The van der Waals surface area contributed by atoms with Crippen LogP contribution in [0.4, 0.5) is 4.39 Å². The minimum atomic E-state index is -0.304. The van der Waals surface area contributed by atoms with Crippen LogP contribution in [0.15, 0.2) is 67.4 Å². The summed E-state index contributed by atoms with van der Waals surface area (Å²) in [7, 11) is 0. The van der Waals surface area contributed by atoms with Gasteiger partial charge in [0.05, 0.1) is 11.9 Å². The number of benzene rings is 1. The summed E-state index contributed by atoms with van der Waals surface area (Å²) in [4.78, 5) is 28.0. The molecule has 0 bridgehead atoms. The molecule has 0 unspecified atom stereocenters. The topological polar surface area (TPSA) is 63.9 Å². The van der Waals surface area contributed by atoms with Crippen LogP contribution in [0, 0.1) is 5.82 Å². The van der Waals surface area contributed by atoms with Gasteiger partial charge >= 0.3 is 0 Å². The van der Waals surface area contributed by atoms with E-state index in [1.807, 2.05) is 16.7 Å². The van der Waals surface area contributed by atoms with Crippen LogP contribution in [-0.2, 0) is 13.1 Å². The minimum absolute atomic E-state index is 0.162. The maximum atomic E-state index is 13.4. The minimum Gasteiger partial charge on any atom is -0.330 e. The molecule has 0 spiro atoms. The molecule has 0 radical (unpaired) electrons. The molecule has 0 aliphatic carbocycles. The van der Waals surface area contributed by atoms with Crippen LogP contribution < -0.4 is 0 Å². The van der Waals surface area contributed by atoms with Crippen molar-refractivity contribution in [3.05, 3.63) is 89.9 Å². The van der Waals surface area contributed by atoms with Crippen molar-refractivity contribution >= 4 is 17.1 Å². The van der Waals surface area contributed by atoms with Gasteiger partial charge in [0, 0.05) is 37.7 Å². The van der Waals surface area contributed by atoms with Crippen molar-refractivity contribution in [2.45, 2.75) is 33.0 Å². The van der Waals surface area contributed by atoms with Gasteiger partial charge in [-0.2, -0.15) is 0 Å². The number of hydrogen-bond acceptors (Lipinski definition) is 4. The van der Waals surface area contributed by atoms with Gasteiger partial charge in [-0.05, 0) is 55.3 Å². The number of pyridine rings is 2. The number of nitrogens with zero attached hydrogens (tertiary/aromatic N) is 5. The summed E-state index contributed by atoms with van der Waals surface area (Å²) in [6, 6.07) is 11.9. The lowest BCUT2D eigenvalue weighted by Gasteiger charge is -2.23. The van der Waals surface area contributed by atoms with E-state index in [4.69, 9.17) is 0 Å². The molecule has 0 aliphatic rings. The third-order valence-corrected chi connectivity index (χ3v) is 4.91. The van der Waals surface area contributed by atoms with Crippen LogP contribution in [0.5, 0.6) is 0 Å². The standard InChI is InChI=1S/C23H22FN5O/c1-16(2)29-15-27-21-11-19(12-26-22(21)29)23(30)28(14-18-7-9-25-10-8-18)13-17-3-5-20(24)6-4-17/h3-12,15-16H,13-14H2,1-2H3. The highest BCUT2D eigenvalue weighted by molar-refractivity contribution is 5.96. The molecular formula is C23H22FN5O. The lowest BCUT2D eigenvalue weighted by Crippen LogP contribution is -2.30. The van der Waals surface area contributed by atoms with Crippen LogP contribution in [0.2, 0.25) is 0 Å². The molecule has 152 valence electrons. The third-order valence-electron chi connectivity index (χ3n) is 4.91. The molecule has 0 saturated heterocycles. The van der Waals surface area contributed by atoms with Gasteiger partial charge in [-0.3, -0.25) is 9.78 Å². The Balaban J connectivity index is 1.65. The first-order chi connectivity index (χ1) is 14.5. The molecule has 3 heterocycles. The number of aromatic nitrogens is 4. The first kappa shape index (κ1) is 19.7. The molecule has 4 rings (SSSR count). The Morgan fingerprint density at radius 1 is 1.03 bits per heavy atom. The second kappa shape index (κ2) is 8.41. The molecule has 0 atom stereocenters. The number of rotatable bonds is 6. The molecule has 0 aliphatic heterocycles. The van der Waals surface area contributed by atoms with Crippen molar-refractivity contribution in [2.75, 3.05) is 0 Å². The number of imidazole rings is 1. The van der Waals surface area contributed by atoms with E-state index in [-0.39, 0.29) is 17.8 Å². The maximum Gasteiger partial charge on any atom is 0.256 e. The number of amides is 1. The zero-order valence-corrected chi connectivity index (χ0v) is 16.9. The molecule has 7 heteroatoms. The molecule has 4 aromatic rings. The fraction of sp³-hybridized carbons (Fsp3) is 0.217. The van der Waals surface area contributed by atoms with Gasteiger partial charge < -0.3 is 9.47 Å². The van der Waals surface area contributed by atoms with E-state index in [0.29, 0.717) is 24.2 Å². The van der Waals surface area contributed by atoms with E-state index in [1.165, 1.54) is 12.1 Å². The summed E-state index contributed by atoms with van der Waals surface area (Å²) in [6.07, 6.45) is 6.73. The van der Waals surface area contributed by atoms with Crippen LogP contribution in [-0.4, -0.2) is 30.3 Å². The van der Waals surface area contributed by atoms with Gasteiger partial charge in [0.2, 0.25) is 0 Å². The number of fused-ring (bicyclic) bond motifs is 1. The highest BCUT2D eigenvalue weighted by Gasteiger charge is 2.19. The lowest BCUT2D eigenvalue weighted by molar-refractivity contribution is 0.0729. The summed E-state index contributed by atoms with van der Waals surface area (Å²) < 4.78 is 15.3. The Morgan fingerprint density at radius 2 is 1.70 bits per heavy atom. The SMILES string of the molecule is CC(C)n1cnc2cc(C(=O)N(Cc3ccncc3)Cc3ccc(F)cc3)cnc21. The third kappa shape index (κ3) is 4.20. The van der Waals surface area contributed by atoms with Crippen molar-refractivity contribution in [3.63, 3.8) is 0 Å².